The minimum atomic E-state index is -0.268. The molecule has 6 heteroatoms. The maximum atomic E-state index is 12.2. The predicted molar refractivity (Wildman–Crippen MR) is 73.2 cm³/mol. The van der Waals surface area contributed by atoms with Crippen LogP contribution in [0.3, 0.4) is 0 Å². The molecule has 0 aliphatic carbocycles. The highest BCUT2D eigenvalue weighted by molar-refractivity contribution is 5.92. The summed E-state index contributed by atoms with van der Waals surface area (Å²) >= 11 is 0. The van der Waals surface area contributed by atoms with Gasteiger partial charge in [-0.2, -0.15) is 5.26 Å². The van der Waals surface area contributed by atoms with Gasteiger partial charge in [0.15, 0.2) is 5.69 Å². The first-order chi connectivity index (χ1) is 9.76. The Balaban J connectivity index is 2.20. The number of hydrogen-bond donors (Lipinski definition) is 0. The first-order valence-electron chi connectivity index (χ1n) is 6.40. The second-order valence-corrected chi connectivity index (χ2v) is 4.27. The molecule has 2 rings (SSSR count). The molecule has 0 radical (unpaired) electrons. The van der Waals surface area contributed by atoms with Crippen LogP contribution in [0.2, 0.25) is 0 Å². The average molecular weight is 269 g/mol. The smallest absolute Gasteiger partial charge is 0.276 e. The van der Waals surface area contributed by atoms with Crippen molar-refractivity contribution in [2.45, 2.75) is 13.3 Å². The fourth-order valence-corrected chi connectivity index (χ4v) is 1.84. The van der Waals surface area contributed by atoms with Crippen molar-refractivity contribution < 1.29 is 4.79 Å². The Bertz CT molecular complexity index is 614. The van der Waals surface area contributed by atoms with E-state index in [1.54, 1.807) is 10.9 Å². The number of benzene rings is 1. The van der Waals surface area contributed by atoms with Crippen LogP contribution in [-0.4, -0.2) is 38.9 Å². The zero-order chi connectivity index (χ0) is 14.4. The number of hydrogen-bond acceptors (Lipinski definition) is 4. The molecule has 0 atom stereocenters. The number of nitrogens with zero attached hydrogens (tertiary/aromatic N) is 5. The van der Waals surface area contributed by atoms with E-state index in [0.29, 0.717) is 6.54 Å². The van der Waals surface area contributed by atoms with Gasteiger partial charge in [-0.05, 0) is 18.6 Å². The van der Waals surface area contributed by atoms with Crippen molar-refractivity contribution in [1.82, 2.24) is 19.9 Å². The van der Waals surface area contributed by atoms with Crippen LogP contribution in [0, 0.1) is 11.3 Å². The van der Waals surface area contributed by atoms with E-state index in [9.17, 15) is 4.79 Å². The third kappa shape index (κ3) is 3.01. The summed E-state index contributed by atoms with van der Waals surface area (Å²) in [5.74, 6) is -0.268. The van der Waals surface area contributed by atoms with Crippen molar-refractivity contribution in [3.8, 4) is 11.8 Å². The van der Waals surface area contributed by atoms with Crippen LogP contribution in [-0.2, 0) is 0 Å². The number of aromatic nitrogens is 3. The lowest BCUT2D eigenvalue weighted by molar-refractivity contribution is 0.0770. The summed E-state index contributed by atoms with van der Waals surface area (Å²) in [7, 11) is 0. The van der Waals surface area contributed by atoms with Gasteiger partial charge in [-0.1, -0.05) is 30.3 Å². The van der Waals surface area contributed by atoms with Gasteiger partial charge in [0.2, 0.25) is 0 Å². The van der Waals surface area contributed by atoms with Gasteiger partial charge < -0.3 is 4.90 Å². The fourth-order valence-electron chi connectivity index (χ4n) is 1.84. The van der Waals surface area contributed by atoms with Gasteiger partial charge in [0, 0.05) is 6.54 Å². The molecule has 0 aliphatic heterocycles. The molecule has 0 fully saturated rings. The molecule has 1 aromatic heterocycles. The number of amides is 1. The van der Waals surface area contributed by atoms with Crippen LogP contribution < -0.4 is 0 Å². The molecular weight excluding hydrogens is 254 g/mol. The summed E-state index contributed by atoms with van der Waals surface area (Å²) in [6.45, 7) is 2.55. The SMILES string of the molecule is CCCN(CC#N)C(=O)c1cn(-c2ccccc2)nn1. The van der Waals surface area contributed by atoms with Crippen LogP contribution >= 0.6 is 0 Å². The van der Waals surface area contributed by atoms with E-state index in [1.807, 2.05) is 43.3 Å². The number of nitriles is 1. The highest BCUT2D eigenvalue weighted by Crippen LogP contribution is 2.07. The van der Waals surface area contributed by atoms with Crippen molar-refractivity contribution in [3.63, 3.8) is 0 Å². The molecule has 0 bridgehead atoms. The van der Waals surface area contributed by atoms with Crippen molar-refractivity contribution >= 4 is 5.91 Å². The van der Waals surface area contributed by atoms with E-state index in [-0.39, 0.29) is 18.1 Å². The van der Waals surface area contributed by atoms with E-state index in [0.717, 1.165) is 12.1 Å². The molecule has 2 aromatic rings. The summed E-state index contributed by atoms with van der Waals surface area (Å²) in [4.78, 5) is 13.7. The Morgan fingerprint density at radius 3 is 2.80 bits per heavy atom. The van der Waals surface area contributed by atoms with Crippen LogP contribution in [0.15, 0.2) is 36.5 Å². The summed E-state index contributed by atoms with van der Waals surface area (Å²) in [5, 5.41) is 16.6. The molecule has 0 spiro atoms. The molecular formula is C14H15N5O. The zero-order valence-corrected chi connectivity index (χ0v) is 11.2. The monoisotopic (exact) mass is 269 g/mol. The molecule has 0 saturated heterocycles. The number of para-hydroxylation sites is 1. The number of rotatable bonds is 5. The molecule has 102 valence electrons. The van der Waals surface area contributed by atoms with Crippen molar-refractivity contribution in [3.05, 3.63) is 42.2 Å². The van der Waals surface area contributed by atoms with E-state index in [4.69, 9.17) is 5.26 Å². The fraction of sp³-hybridized carbons (Fsp3) is 0.286. The lowest BCUT2D eigenvalue weighted by Gasteiger charge is -2.16. The zero-order valence-electron chi connectivity index (χ0n) is 11.2. The molecule has 1 aromatic carbocycles. The quantitative estimate of drug-likeness (QED) is 0.773. The summed E-state index contributed by atoms with van der Waals surface area (Å²) in [6.07, 6.45) is 2.37. The van der Waals surface area contributed by atoms with Gasteiger partial charge in [-0.25, -0.2) is 4.68 Å². The first kappa shape index (κ1) is 13.7. The standard InChI is InChI=1S/C14H15N5O/c1-2-9-18(10-8-15)14(20)13-11-19(17-16-13)12-6-4-3-5-7-12/h3-7,11H,2,9-10H2,1H3. The van der Waals surface area contributed by atoms with E-state index < -0.39 is 0 Å². The second kappa shape index (κ2) is 6.48. The minimum Gasteiger partial charge on any atom is -0.324 e. The number of carbonyl (C=O) groups is 1. The molecule has 6 nitrogen and oxygen atoms in total. The first-order valence-corrected chi connectivity index (χ1v) is 6.40. The number of carbonyl (C=O) groups excluding carboxylic acids is 1. The lowest BCUT2D eigenvalue weighted by Crippen LogP contribution is -2.32. The van der Waals surface area contributed by atoms with Crippen molar-refractivity contribution in [2.24, 2.45) is 0 Å². The highest BCUT2D eigenvalue weighted by Gasteiger charge is 2.18. The topological polar surface area (TPSA) is 74.8 Å². The summed E-state index contributed by atoms with van der Waals surface area (Å²) < 4.78 is 1.55. The summed E-state index contributed by atoms with van der Waals surface area (Å²) in [5.41, 5.74) is 1.08. The van der Waals surface area contributed by atoms with Gasteiger partial charge in [0.25, 0.3) is 5.91 Å². The Hall–Kier alpha value is -2.68. The maximum absolute atomic E-state index is 12.2. The minimum absolute atomic E-state index is 0.0604. The molecule has 0 saturated carbocycles. The van der Waals surface area contributed by atoms with Crippen molar-refractivity contribution in [1.29, 1.82) is 5.26 Å². The molecule has 0 unspecified atom stereocenters. The normalized spacial score (nSPS) is 10.0. The van der Waals surface area contributed by atoms with Gasteiger partial charge in [-0.15, -0.1) is 5.10 Å². The molecule has 0 aliphatic rings. The van der Waals surface area contributed by atoms with Crippen LogP contribution in [0.25, 0.3) is 5.69 Å². The molecule has 1 heterocycles. The van der Waals surface area contributed by atoms with Crippen molar-refractivity contribution in [2.75, 3.05) is 13.1 Å². The average Bonchev–Trinajstić information content (AvgIpc) is 2.97. The van der Waals surface area contributed by atoms with Gasteiger partial charge in [-0.3, -0.25) is 4.79 Å². The predicted octanol–water partition coefficient (Wildman–Crippen LogP) is 1.64. The third-order valence-electron chi connectivity index (χ3n) is 2.78. The molecule has 20 heavy (non-hydrogen) atoms. The van der Waals surface area contributed by atoms with Crippen LogP contribution in [0.4, 0.5) is 0 Å². The second-order valence-electron chi connectivity index (χ2n) is 4.27. The van der Waals surface area contributed by atoms with Gasteiger partial charge >= 0.3 is 0 Å². The lowest BCUT2D eigenvalue weighted by atomic mass is 10.3. The third-order valence-corrected chi connectivity index (χ3v) is 2.78. The van der Waals surface area contributed by atoms with E-state index in [1.165, 1.54) is 4.90 Å². The maximum Gasteiger partial charge on any atom is 0.276 e. The summed E-state index contributed by atoms with van der Waals surface area (Å²) in [6, 6.07) is 11.4. The van der Waals surface area contributed by atoms with Crippen LogP contribution in [0.5, 0.6) is 0 Å². The molecule has 0 N–H and O–H groups in total. The molecule has 1 amide bonds. The van der Waals surface area contributed by atoms with Gasteiger partial charge in [0.05, 0.1) is 18.0 Å². The highest BCUT2D eigenvalue weighted by atomic mass is 16.2. The van der Waals surface area contributed by atoms with Crippen LogP contribution in [0.1, 0.15) is 23.8 Å². The Labute approximate surface area is 117 Å². The Kier molecular flexibility index (Phi) is 4.45. The van der Waals surface area contributed by atoms with E-state index >= 15 is 0 Å². The largest absolute Gasteiger partial charge is 0.324 e. The van der Waals surface area contributed by atoms with Gasteiger partial charge in [0.1, 0.15) is 6.54 Å². The Morgan fingerprint density at radius 2 is 2.15 bits per heavy atom. The van der Waals surface area contributed by atoms with E-state index in [2.05, 4.69) is 10.3 Å². The Morgan fingerprint density at radius 1 is 1.40 bits per heavy atom.